The van der Waals surface area contributed by atoms with Crippen molar-refractivity contribution < 1.29 is 4.79 Å². The van der Waals surface area contributed by atoms with Gasteiger partial charge in [0, 0.05) is 25.4 Å². The summed E-state index contributed by atoms with van der Waals surface area (Å²) < 4.78 is 2.02. The Bertz CT molecular complexity index is 475. The summed E-state index contributed by atoms with van der Waals surface area (Å²) in [4.78, 5) is 12.1. The normalized spacial score (nSPS) is 16.2. The number of rotatable bonds is 7. The maximum Gasteiger partial charge on any atom is 0.220 e. The van der Waals surface area contributed by atoms with Crippen molar-refractivity contribution in [3.8, 4) is 0 Å². The molecule has 8 heteroatoms. The van der Waals surface area contributed by atoms with Crippen LogP contribution in [0.15, 0.2) is 6.33 Å². The number of hydrogen-bond donors (Lipinski definition) is 2. The van der Waals surface area contributed by atoms with Crippen LogP contribution < -0.4 is 10.6 Å². The van der Waals surface area contributed by atoms with E-state index in [-0.39, 0.29) is 30.7 Å². The molecule has 0 bridgehead atoms. The van der Waals surface area contributed by atoms with Crippen molar-refractivity contribution in [3.05, 3.63) is 12.2 Å². The van der Waals surface area contributed by atoms with Gasteiger partial charge in [-0.25, -0.2) is 0 Å². The second-order valence-corrected chi connectivity index (χ2v) is 6.66. The van der Waals surface area contributed by atoms with E-state index in [1.54, 1.807) is 6.33 Å². The summed E-state index contributed by atoms with van der Waals surface area (Å²) in [6, 6.07) is 0. The number of carbonyl (C=O) groups excluding carboxylic acids is 1. The number of carbonyl (C=O) groups is 1. The standard InChI is InChI=1S/C16H29N5O.2ClH/c1-12(2)16-20-19-11-21(16)9-8-18-15(22)10-13(3)14-4-6-17-7-5-14;;/h11-14,17H,4-10H2,1-3H3,(H,18,22);2*1H. The number of halogens is 2. The minimum absolute atomic E-state index is 0. The highest BCUT2D eigenvalue weighted by Crippen LogP contribution is 2.24. The zero-order valence-corrected chi connectivity index (χ0v) is 16.5. The average molecular weight is 380 g/mol. The van der Waals surface area contributed by atoms with Crippen molar-refractivity contribution in [2.45, 2.75) is 52.5 Å². The molecule has 0 aliphatic carbocycles. The predicted molar refractivity (Wildman–Crippen MR) is 101 cm³/mol. The van der Waals surface area contributed by atoms with Crippen LogP contribution in [0.1, 0.15) is 51.8 Å². The van der Waals surface area contributed by atoms with Crippen molar-refractivity contribution in [1.82, 2.24) is 25.4 Å². The van der Waals surface area contributed by atoms with Gasteiger partial charge in [0.15, 0.2) is 0 Å². The van der Waals surface area contributed by atoms with Crippen LogP contribution in [-0.4, -0.2) is 40.3 Å². The molecule has 1 aromatic rings. The highest BCUT2D eigenvalue weighted by atomic mass is 35.5. The van der Waals surface area contributed by atoms with Gasteiger partial charge in [-0.2, -0.15) is 0 Å². The SMILES string of the molecule is CC(C)c1nncn1CCNC(=O)CC(C)C1CCNCC1.Cl.Cl. The molecule has 1 amide bonds. The summed E-state index contributed by atoms with van der Waals surface area (Å²) in [5.41, 5.74) is 0. The van der Waals surface area contributed by atoms with E-state index in [9.17, 15) is 4.79 Å². The van der Waals surface area contributed by atoms with Gasteiger partial charge >= 0.3 is 0 Å². The Morgan fingerprint density at radius 3 is 2.62 bits per heavy atom. The van der Waals surface area contributed by atoms with Crippen LogP contribution in [0, 0.1) is 11.8 Å². The summed E-state index contributed by atoms with van der Waals surface area (Å²) in [5, 5.41) is 14.5. The molecular weight excluding hydrogens is 349 g/mol. The highest BCUT2D eigenvalue weighted by Gasteiger charge is 2.21. The molecule has 2 N–H and O–H groups in total. The van der Waals surface area contributed by atoms with Crippen molar-refractivity contribution in [1.29, 1.82) is 0 Å². The Kier molecular flexibility index (Phi) is 11.2. The molecule has 1 aromatic heterocycles. The number of nitrogens with zero attached hydrogens (tertiary/aromatic N) is 3. The molecule has 0 saturated carbocycles. The molecule has 6 nitrogen and oxygen atoms in total. The number of hydrogen-bond acceptors (Lipinski definition) is 4. The van der Waals surface area contributed by atoms with Gasteiger partial charge in [0.25, 0.3) is 0 Å². The fraction of sp³-hybridized carbons (Fsp3) is 0.812. The molecule has 0 spiro atoms. The molecular formula is C16H31Cl2N5O. The summed E-state index contributed by atoms with van der Waals surface area (Å²) in [7, 11) is 0. The number of aromatic nitrogens is 3. The molecule has 1 aliphatic heterocycles. The smallest absolute Gasteiger partial charge is 0.220 e. The number of amides is 1. The Balaban J connectivity index is 0.00000264. The molecule has 1 atom stereocenters. The van der Waals surface area contributed by atoms with Gasteiger partial charge in [-0.05, 0) is 37.8 Å². The summed E-state index contributed by atoms with van der Waals surface area (Å²) >= 11 is 0. The van der Waals surface area contributed by atoms with Gasteiger partial charge in [-0.1, -0.05) is 20.8 Å². The van der Waals surface area contributed by atoms with E-state index in [1.807, 2.05) is 4.57 Å². The lowest BCUT2D eigenvalue weighted by Crippen LogP contribution is -2.34. The summed E-state index contributed by atoms with van der Waals surface area (Å²) in [6.45, 7) is 9.93. The summed E-state index contributed by atoms with van der Waals surface area (Å²) in [5.74, 6) is 2.61. The molecule has 0 radical (unpaired) electrons. The highest BCUT2D eigenvalue weighted by molar-refractivity contribution is 5.85. The van der Waals surface area contributed by atoms with Crippen molar-refractivity contribution >= 4 is 30.7 Å². The van der Waals surface area contributed by atoms with Crippen LogP contribution in [0.4, 0.5) is 0 Å². The Morgan fingerprint density at radius 1 is 1.33 bits per heavy atom. The molecule has 1 saturated heterocycles. The second-order valence-electron chi connectivity index (χ2n) is 6.66. The van der Waals surface area contributed by atoms with Gasteiger partial charge in [0.05, 0.1) is 0 Å². The largest absolute Gasteiger partial charge is 0.354 e. The first-order chi connectivity index (χ1) is 10.6. The molecule has 1 unspecified atom stereocenters. The first-order valence-corrected chi connectivity index (χ1v) is 8.43. The van der Waals surface area contributed by atoms with Gasteiger partial charge in [-0.3, -0.25) is 4.79 Å². The van der Waals surface area contributed by atoms with Crippen LogP contribution in [0.3, 0.4) is 0 Å². The Hall–Kier alpha value is -0.850. The van der Waals surface area contributed by atoms with E-state index < -0.39 is 0 Å². The monoisotopic (exact) mass is 379 g/mol. The lowest BCUT2D eigenvalue weighted by Gasteiger charge is -2.27. The third-order valence-electron chi connectivity index (χ3n) is 4.53. The van der Waals surface area contributed by atoms with Crippen LogP contribution in [0.5, 0.6) is 0 Å². The summed E-state index contributed by atoms with van der Waals surface area (Å²) in [6.07, 6.45) is 4.74. The van der Waals surface area contributed by atoms with Crippen LogP contribution in [0.2, 0.25) is 0 Å². The molecule has 24 heavy (non-hydrogen) atoms. The average Bonchev–Trinajstić information content (AvgIpc) is 2.97. The Morgan fingerprint density at radius 2 is 2.00 bits per heavy atom. The zero-order chi connectivity index (χ0) is 15.9. The molecule has 2 rings (SSSR count). The quantitative estimate of drug-likeness (QED) is 0.762. The van der Waals surface area contributed by atoms with Gasteiger partial charge in [-0.15, -0.1) is 35.0 Å². The van der Waals surface area contributed by atoms with Gasteiger partial charge < -0.3 is 15.2 Å². The maximum atomic E-state index is 12.1. The van der Waals surface area contributed by atoms with Crippen LogP contribution in [-0.2, 0) is 11.3 Å². The minimum Gasteiger partial charge on any atom is -0.354 e. The third-order valence-corrected chi connectivity index (χ3v) is 4.53. The maximum absolute atomic E-state index is 12.1. The van der Waals surface area contributed by atoms with Crippen LogP contribution in [0.25, 0.3) is 0 Å². The van der Waals surface area contributed by atoms with Crippen molar-refractivity contribution in [2.24, 2.45) is 11.8 Å². The zero-order valence-electron chi connectivity index (χ0n) is 14.8. The topological polar surface area (TPSA) is 71.8 Å². The van der Waals surface area contributed by atoms with Gasteiger partial charge in [0.2, 0.25) is 5.91 Å². The van der Waals surface area contributed by atoms with E-state index in [0.29, 0.717) is 30.7 Å². The van der Waals surface area contributed by atoms with Crippen molar-refractivity contribution in [2.75, 3.05) is 19.6 Å². The van der Waals surface area contributed by atoms with E-state index in [2.05, 4.69) is 41.6 Å². The first kappa shape index (κ1) is 23.1. The van der Waals surface area contributed by atoms with Crippen LogP contribution >= 0.6 is 24.8 Å². The van der Waals surface area contributed by atoms with E-state index >= 15 is 0 Å². The number of nitrogens with one attached hydrogen (secondary N) is 2. The number of piperidine rings is 1. The van der Waals surface area contributed by atoms with Gasteiger partial charge in [0.1, 0.15) is 12.2 Å². The Labute approximate surface area is 157 Å². The minimum atomic E-state index is 0. The lowest BCUT2D eigenvalue weighted by molar-refractivity contribution is -0.122. The predicted octanol–water partition coefficient (Wildman–Crippen LogP) is 2.39. The molecule has 0 aromatic carbocycles. The van der Waals surface area contributed by atoms with Crippen molar-refractivity contribution in [3.63, 3.8) is 0 Å². The molecule has 140 valence electrons. The third kappa shape index (κ3) is 6.95. The second kappa shape index (κ2) is 11.7. The van der Waals surface area contributed by atoms with E-state index in [1.165, 1.54) is 12.8 Å². The first-order valence-electron chi connectivity index (χ1n) is 8.43. The lowest BCUT2D eigenvalue weighted by atomic mass is 9.84. The fourth-order valence-electron chi connectivity index (χ4n) is 3.14. The fourth-order valence-corrected chi connectivity index (χ4v) is 3.14. The molecule has 1 fully saturated rings. The van der Waals surface area contributed by atoms with E-state index in [0.717, 1.165) is 25.5 Å². The molecule has 2 heterocycles. The molecule has 1 aliphatic rings. The van der Waals surface area contributed by atoms with E-state index in [4.69, 9.17) is 0 Å².